The molecule has 5 heteroatoms. The van der Waals surface area contributed by atoms with Gasteiger partial charge in [0.1, 0.15) is 5.84 Å². The summed E-state index contributed by atoms with van der Waals surface area (Å²) >= 11 is 0. The Morgan fingerprint density at radius 1 is 1.50 bits per heavy atom. The molecule has 1 saturated carbocycles. The van der Waals surface area contributed by atoms with E-state index in [-0.39, 0.29) is 12.4 Å². The molecule has 0 aromatic heterocycles. The maximum atomic E-state index is 8.82. The zero-order chi connectivity index (χ0) is 10.4. The van der Waals surface area contributed by atoms with Gasteiger partial charge in [0.05, 0.1) is 0 Å². The molecule has 14 heavy (non-hydrogen) atoms. The maximum Gasteiger partial charge on any atom is 0.140 e. The number of aliphatic hydroxyl groups is 1. The van der Waals surface area contributed by atoms with Gasteiger partial charge < -0.3 is 21.4 Å². The molecular weight excluding hydrogens is 182 g/mol. The maximum absolute atomic E-state index is 8.82. The molecule has 0 atom stereocenters. The molecular formula is C9H19N3O2. The Kier molecular flexibility index (Phi) is 4.16. The fourth-order valence-corrected chi connectivity index (χ4v) is 1.55. The minimum absolute atomic E-state index is 0.254. The van der Waals surface area contributed by atoms with Crippen LogP contribution in [-0.2, 0) is 0 Å². The lowest BCUT2D eigenvalue weighted by Crippen LogP contribution is -2.28. The average molecular weight is 201 g/mol. The molecule has 5 nitrogen and oxygen atoms in total. The van der Waals surface area contributed by atoms with Gasteiger partial charge in [-0.3, -0.25) is 0 Å². The Hall–Kier alpha value is -0.810. The lowest BCUT2D eigenvalue weighted by atomic mass is 10.0. The van der Waals surface area contributed by atoms with Gasteiger partial charge >= 0.3 is 0 Å². The molecule has 0 radical (unpaired) electrons. The Bertz CT molecular complexity index is 202. The fraction of sp³-hybridized carbons (Fsp3) is 0.889. The molecule has 0 aromatic carbocycles. The van der Waals surface area contributed by atoms with E-state index in [0.29, 0.717) is 11.8 Å². The van der Waals surface area contributed by atoms with E-state index in [4.69, 9.17) is 16.0 Å². The first kappa shape index (κ1) is 11.3. The Morgan fingerprint density at radius 3 is 2.71 bits per heavy atom. The zero-order valence-electron chi connectivity index (χ0n) is 8.37. The van der Waals surface area contributed by atoms with Crippen LogP contribution >= 0.6 is 0 Å². The molecule has 0 heterocycles. The minimum Gasteiger partial charge on any atom is -0.409 e. The number of nitrogens with one attached hydrogen (secondary N) is 1. The van der Waals surface area contributed by atoms with E-state index in [2.05, 4.69) is 10.5 Å². The molecule has 1 aliphatic carbocycles. The summed E-state index contributed by atoms with van der Waals surface area (Å²) in [6, 6.07) is 0. The van der Waals surface area contributed by atoms with Gasteiger partial charge in [-0.1, -0.05) is 5.16 Å². The lowest BCUT2D eigenvalue weighted by Gasteiger charge is -2.13. The quantitative estimate of drug-likeness (QED) is 0.152. The molecule has 0 spiro atoms. The molecule has 1 aliphatic rings. The van der Waals surface area contributed by atoms with Gasteiger partial charge in [0.25, 0.3) is 0 Å². The standard InChI is InChI=1S/C9H19N3O2/c10-8(12-14)1-5-11-7-9(2-3-9)4-6-13/h11,13-14H,1-7H2,(H2,10,12). The van der Waals surface area contributed by atoms with Crippen molar-refractivity contribution in [2.24, 2.45) is 16.3 Å². The van der Waals surface area contributed by atoms with Gasteiger partial charge in [-0.25, -0.2) is 0 Å². The number of hydrogen-bond donors (Lipinski definition) is 4. The van der Waals surface area contributed by atoms with Crippen LogP contribution in [0.3, 0.4) is 0 Å². The number of nitrogens with zero attached hydrogens (tertiary/aromatic N) is 1. The molecule has 0 aromatic rings. The first-order valence-corrected chi connectivity index (χ1v) is 5.00. The van der Waals surface area contributed by atoms with Crippen LogP contribution in [0.5, 0.6) is 0 Å². The molecule has 0 saturated heterocycles. The summed E-state index contributed by atoms with van der Waals surface area (Å²) in [4.78, 5) is 0. The van der Waals surface area contributed by atoms with Crippen molar-refractivity contribution < 1.29 is 10.3 Å². The largest absolute Gasteiger partial charge is 0.409 e. The highest BCUT2D eigenvalue weighted by Gasteiger charge is 2.41. The second-order valence-corrected chi connectivity index (χ2v) is 3.99. The molecule has 82 valence electrons. The van der Waals surface area contributed by atoms with Gasteiger partial charge in [0, 0.05) is 26.1 Å². The SMILES string of the molecule is NC(CCNCC1(CCO)CC1)=NO. The predicted molar refractivity (Wildman–Crippen MR) is 54.3 cm³/mol. The second kappa shape index (κ2) is 5.17. The smallest absolute Gasteiger partial charge is 0.140 e. The van der Waals surface area contributed by atoms with E-state index in [1.807, 2.05) is 0 Å². The van der Waals surface area contributed by atoms with Crippen molar-refractivity contribution in [3.05, 3.63) is 0 Å². The lowest BCUT2D eigenvalue weighted by molar-refractivity contribution is 0.245. The molecule has 0 aliphatic heterocycles. The van der Waals surface area contributed by atoms with E-state index in [1.54, 1.807) is 0 Å². The number of hydrogen-bond acceptors (Lipinski definition) is 4. The van der Waals surface area contributed by atoms with Crippen molar-refractivity contribution in [2.75, 3.05) is 19.7 Å². The summed E-state index contributed by atoms with van der Waals surface area (Å²) in [5.41, 5.74) is 5.65. The zero-order valence-corrected chi connectivity index (χ0v) is 8.37. The molecule has 1 rings (SSSR count). The van der Waals surface area contributed by atoms with E-state index >= 15 is 0 Å². The van der Waals surface area contributed by atoms with Crippen molar-refractivity contribution in [3.8, 4) is 0 Å². The van der Waals surface area contributed by atoms with Crippen LogP contribution in [0.1, 0.15) is 25.7 Å². The van der Waals surface area contributed by atoms with Crippen LogP contribution in [0.15, 0.2) is 5.16 Å². The normalized spacial score (nSPS) is 19.6. The van der Waals surface area contributed by atoms with Crippen molar-refractivity contribution in [3.63, 3.8) is 0 Å². The highest BCUT2D eigenvalue weighted by molar-refractivity contribution is 5.79. The first-order valence-electron chi connectivity index (χ1n) is 5.00. The van der Waals surface area contributed by atoms with Crippen molar-refractivity contribution in [1.82, 2.24) is 5.32 Å². The number of aliphatic hydroxyl groups excluding tert-OH is 1. The fourth-order valence-electron chi connectivity index (χ4n) is 1.55. The summed E-state index contributed by atoms with van der Waals surface area (Å²) in [6.45, 7) is 1.91. The van der Waals surface area contributed by atoms with Crippen LogP contribution in [-0.4, -0.2) is 35.8 Å². The Labute approximate surface area is 84.0 Å². The van der Waals surface area contributed by atoms with Crippen LogP contribution in [0.2, 0.25) is 0 Å². The highest BCUT2D eigenvalue weighted by atomic mass is 16.4. The summed E-state index contributed by atoms with van der Waals surface area (Å²) in [5.74, 6) is 0.254. The van der Waals surface area contributed by atoms with Crippen LogP contribution in [0.25, 0.3) is 0 Å². The number of nitrogens with two attached hydrogens (primary N) is 1. The van der Waals surface area contributed by atoms with Crippen LogP contribution < -0.4 is 11.1 Å². The third-order valence-corrected chi connectivity index (χ3v) is 2.79. The molecule has 0 amide bonds. The number of amidine groups is 1. The topological polar surface area (TPSA) is 90.9 Å². The summed E-state index contributed by atoms with van der Waals surface area (Å²) < 4.78 is 0. The van der Waals surface area contributed by atoms with E-state index < -0.39 is 0 Å². The van der Waals surface area contributed by atoms with Gasteiger partial charge in [-0.15, -0.1) is 0 Å². The van der Waals surface area contributed by atoms with Gasteiger partial charge in [0.2, 0.25) is 0 Å². The first-order chi connectivity index (χ1) is 6.72. The third-order valence-electron chi connectivity index (χ3n) is 2.79. The Balaban J connectivity index is 2.04. The van der Waals surface area contributed by atoms with Gasteiger partial charge in [-0.05, 0) is 24.7 Å². The molecule has 0 unspecified atom stereocenters. The summed E-state index contributed by atoms with van der Waals surface area (Å²) in [5, 5.41) is 23.3. The van der Waals surface area contributed by atoms with Crippen molar-refractivity contribution in [1.29, 1.82) is 0 Å². The van der Waals surface area contributed by atoms with E-state index in [9.17, 15) is 0 Å². The second-order valence-electron chi connectivity index (χ2n) is 3.99. The van der Waals surface area contributed by atoms with E-state index in [1.165, 1.54) is 12.8 Å². The number of oxime groups is 1. The van der Waals surface area contributed by atoms with E-state index in [0.717, 1.165) is 19.5 Å². The summed E-state index contributed by atoms with van der Waals surface area (Å²) in [6.07, 6.45) is 3.84. The average Bonchev–Trinajstić information content (AvgIpc) is 2.93. The van der Waals surface area contributed by atoms with Crippen molar-refractivity contribution >= 4 is 5.84 Å². The van der Waals surface area contributed by atoms with Crippen molar-refractivity contribution in [2.45, 2.75) is 25.7 Å². The molecule has 1 fully saturated rings. The number of rotatable bonds is 7. The highest BCUT2D eigenvalue weighted by Crippen LogP contribution is 2.47. The minimum atomic E-state index is 0.254. The summed E-state index contributed by atoms with van der Waals surface area (Å²) in [7, 11) is 0. The van der Waals surface area contributed by atoms with Crippen LogP contribution in [0.4, 0.5) is 0 Å². The molecule has 0 bridgehead atoms. The Morgan fingerprint density at radius 2 is 2.21 bits per heavy atom. The molecule has 5 N–H and O–H groups in total. The van der Waals surface area contributed by atoms with Crippen LogP contribution in [0, 0.1) is 5.41 Å². The van der Waals surface area contributed by atoms with Gasteiger partial charge in [-0.2, -0.15) is 0 Å². The monoisotopic (exact) mass is 201 g/mol. The van der Waals surface area contributed by atoms with Gasteiger partial charge in [0.15, 0.2) is 0 Å². The predicted octanol–water partition coefficient (Wildman–Crippen LogP) is -0.125. The third kappa shape index (κ3) is 3.51.